The SMILES string of the molecule is CCOC(=O)c1cc(Oc2ccc(C#N)cc2)cc(Oc2ccc(C#N)cc2)c1.N#Cc1ccc(Oc2cc(Oc3ccc(C#N)cc3)cc(C(=O)O)c2)cc1. The number of carbonyl (C=O) groups is 2. The van der Waals surface area contributed by atoms with E-state index >= 15 is 0 Å². The van der Waals surface area contributed by atoms with Crippen molar-refractivity contribution in [2.75, 3.05) is 6.61 Å². The van der Waals surface area contributed by atoms with Gasteiger partial charge < -0.3 is 28.8 Å². The lowest BCUT2D eigenvalue weighted by Gasteiger charge is -2.12. The third-order valence-electron chi connectivity index (χ3n) is 7.39. The zero-order valence-corrected chi connectivity index (χ0v) is 29.5. The van der Waals surface area contributed by atoms with Crippen LogP contribution in [0.4, 0.5) is 0 Å². The van der Waals surface area contributed by atoms with E-state index in [0.717, 1.165) is 0 Å². The highest BCUT2D eigenvalue weighted by Gasteiger charge is 2.14. The van der Waals surface area contributed by atoms with Crippen molar-refractivity contribution in [3.8, 4) is 70.3 Å². The van der Waals surface area contributed by atoms with Gasteiger partial charge in [0.15, 0.2) is 0 Å². The number of carboxylic acids is 1. The summed E-state index contributed by atoms with van der Waals surface area (Å²) in [5.41, 5.74) is 2.30. The molecule has 0 unspecified atom stereocenters. The molecule has 0 amide bonds. The number of carboxylic acid groups (broad SMARTS) is 1. The van der Waals surface area contributed by atoms with Crippen LogP contribution < -0.4 is 18.9 Å². The lowest BCUT2D eigenvalue weighted by molar-refractivity contribution is 0.0525. The number of nitrogens with zero attached hydrogens (tertiary/aromatic N) is 4. The second-order valence-corrected chi connectivity index (χ2v) is 11.4. The summed E-state index contributed by atoms with van der Waals surface area (Å²) >= 11 is 0. The quantitative estimate of drug-likeness (QED) is 0.124. The molecule has 0 atom stereocenters. The number of hydrogen-bond donors (Lipinski definition) is 1. The molecule has 6 rings (SSSR count). The minimum atomic E-state index is -1.12. The molecule has 0 aliphatic rings. The summed E-state index contributed by atoms with van der Waals surface area (Å²) in [4.78, 5) is 23.6. The van der Waals surface area contributed by atoms with Crippen molar-refractivity contribution >= 4 is 11.9 Å². The first kappa shape index (κ1) is 38.6. The first-order chi connectivity index (χ1) is 27.2. The molecule has 0 aliphatic heterocycles. The van der Waals surface area contributed by atoms with E-state index in [2.05, 4.69) is 0 Å². The molecule has 0 heterocycles. The molecular weight excluding hydrogens is 713 g/mol. The molecule has 0 saturated carbocycles. The maximum absolute atomic E-state index is 12.2. The van der Waals surface area contributed by atoms with Crippen molar-refractivity contribution in [3.63, 3.8) is 0 Å². The Morgan fingerprint density at radius 2 is 0.714 bits per heavy atom. The van der Waals surface area contributed by atoms with Crippen LogP contribution in [0.15, 0.2) is 133 Å². The first-order valence-electron chi connectivity index (χ1n) is 16.6. The highest BCUT2D eigenvalue weighted by Crippen LogP contribution is 2.32. The molecule has 0 bridgehead atoms. The monoisotopic (exact) mass is 740 g/mol. The molecule has 0 saturated heterocycles. The van der Waals surface area contributed by atoms with Gasteiger partial charge in [0.1, 0.15) is 46.0 Å². The molecule has 6 aromatic carbocycles. The van der Waals surface area contributed by atoms with Crippen molar-refractivity contribution in [2.45, 2.75) is 6.92 Å². The molecule has 0 fully saturated rings. The highest BCUT2D eigenvalue weighted by atomic mass is 16.5. The number of nitriles is 4. The largest absolute Gasteiger partial charge is 0.478 e. The zero-order valence-electron chi connectivity index (χ0n) is 29.5. The van der Waals surface area contributed by atoms with Gasteiger partial charge >= 0.3 is 11.9 Å². The third kappa shape index (κ3) is 11.0. The number of carbonyl (C=O) groups excluding carboxylic acids is 1. The van der Waals surface area contributed by atoms with Gasteiger partial charge in [-0.05, 0) is 128 Å². The number of benzene rings is 6. The summed E-state index contributed by atoms with van der Waals surface area (Å²) in [6, 6.07) is 43.3. The Balaban J connectivity index is 0.000000215. The fraction of sp³-hybridized carbons (Fsp3) is 0.0455. The number of ether oxygens (including phenoxy) is 5. The number of hydrogen-bond acceptors (Lipinski definition) is 11. The van der Waals surface area contributed by atoms with Crippen molar-refractivity contribution in [2.24, 2.45) is 0 Å². The summed E-state index contributed by atoms with van der Waals surface area (Å²) in [7, 11) is 0. The van der Waals surface area contributed by atoms with E-state index < -0.39 is 11.9 Å². The lowest BCUT2D eigenvalue weighted by Crippen LogP contribution is -2.05. The Labute approximate surface area is 321 Å². The van der Waals surface area contributed by atoms with Gasteiger partial charge in [0, 0.05) is 12.1 Å². The number of rotatable bonds is 11. The van der Waals surface area contributed by atoms with Gasteiger partial charge in [-0.2, -0.15) is 21.0 Å². The van der Waals surface area contributed by atoms with Crippen LogP contribution in [0.3, 0.4) is 0 Å². The number of aromatic carboxylic acids is 1. The minimum absolute atomic E-state index is 0.00444. The van der Waals surface area contributed by atoms with Crippen LogP contribution in [0.5, 0.6) is 46.0 Å². The highest BCUT2D eigenvalue weighted by molar-refractivity contribution is 5.90. The summed E-state index contributed by atoms with van der Waals surface area (Å²) in [6.07, 6.45) is 0. The number of esters is 1. The molecule has 272 valence electrons. The van der Waals surface area contributed by atoms with Crippen LogP contribution >= 0.6 is 0 Å². The topological polar surface area (TPSA) is 196 Å². The first-order valence-corrected chi connectivity index (χ1v) is 16.6. The van der Waals surface area contributed by atoms with Gasteiger partial charge in [0.2, 0.25) is 0 Å². The van der Waals surface area contributed by atoms with E-state index in [-0.39, 0.29) is 29.2 Å². The van der Waals surface area contributed by atoms with E-state index in [1.165, 1.54) is 12.1 Å². The lowest BCUT2D eigenvalue weighted by atomic mass is 10.2. The average molecular weight is 741 g/mol. The van der Waals surface area contributed by atoms with Crippen molar-refractivity contribution in [3.05, 3.63) is 167 Å². The van der Waals surface area contributed by atoms with Crippen molar-refractivity contribution < 1.29 is 38.4 Å². The van der Waals surface area contributed by atoms with Gasteiger partial charge in [0.05, 0.1) is 64.3 Å². The molecule has 0 aliphatic carbocycles. The van der Waals surface area contributed by atoms with E-state index in [4.69, 9.17) is 44.7 Å². The molecule has 12 heteroatoms. The second kappa shape index (κ2) is 18.8. The van der Waals surface area contributed by atoms with Crippen LogP contribution in [0.2, 0.25) is 0 Å². The smallest absolute Gasteiger partial charge is 0.338 e. The summed E-state index contributed by atoms with van der Waals surface area (Å²) in [5, 5.41) is 44.8. The Kier molecular flexibility index (Phi) is 13.0. The van der Waals surface area contributed by atoms with Gasteiger partial charge in [0.25, 0.3) is 0 Å². The Bertz CT molecular complexity index is 2350. The summed E-state index contributed by atoms with van der Waals surface area (Å²) in [5.74, 6) is 1.64. The van der Waals surface area contributed by atoms with Crippen LogP contribution in [-0.4, -0.2) is 23.7 Å². The van der Waals surface area contributed by atoms with Crippen molar-refractivity contribution in [1.82, 2.24) is 0 Å². The van der Waals surface area contributed by atoms with E-state index in [1.807, 2.05) is 24.3 Å². The normalized spacial score (nSPS) is 9.73. The second-order valence-electron chi connectivity index (χ2n) is 11.4. The summed E-state index contributed by atoms with van der Waals surface area (Å²) in [6.45, 7) is 1.97. The third-order valence-corrected chi connectivity index (χ3v) is 7.39. The molecule has 12 nitrogen and oxygen atoms in total. The predicted molar refractivity (Wildman–Crippen MR) is 201 cm³/mol. The molecular formula is C44H28N4O8. The average Bonchev–Trinajstić information content (AvgIpc) is 3.22. The van der Waals surface area contributed by atoms with Gasteiger partial charge in [-0.3, -0.25) is 0 Å². The maximum atomic E-state index is 12.2. The molecule has 0 aromatic heterocycles. The van der Waals surface area contributed by atoms with E-state index in [0.29, 0.717) is 56.8 Å². The molecule has 6 aromatic rings. The van der Waals surface area contributed by atoms with Crippen LogP contribution in [-0.2, 0) is 4.74 Å². The zero-order chi connectivity index (χ0) is 39.9. The Morgan fingerprint density at radius 1 is 0.446 bits per heavy atom. The molecule has 56 heavy (non-hydrogen) atoms. The standard InChI is InChI=1S/C23H16N2O4.C21H12N2O4/c1-2-27-23(26)18-11-21(28-19-7-3-16(14-24)4-8-19)13-22(12-18)29-20-9-5-17(15-25)6-10-20;22-12-14-1-5-17(6-2-14)26-19-9-16(21(24)25)10-20(11-19)27-18-7-3-15(13-23)4-8-18/h3-13H,2H2,1H3;1-11H,(H,24,25). The fourth-order valence-corrected chi connectivity index (χ4v) is 4.77. The van der Waals surface area contributed by atoms with E-state index in [9.17, 15) is 14.7 Å². The van der Waals surface area contributed by atoms with Crippen LogP contribution in [0.25, 0.3) is 0 Å². The Hall–Kier alpha value is -8.58. The van der Waals surface area contributed by atoms with Gasteiger partial charge in [-0.1, -0.05) is 0 Å². The maximum Gasteiger partial charge on any atom is 0.338 e. The predicted octanol–water partition coefficient (Wildman–Crippen LogP) is 9.90. The van der Waals surface area contributed by atoms with Crippen molar-refractivity contribution in [1.29, 1.82) is 21.0 Å². The minimum Gasteiger partial charge on any atom is -0.478 e. The molecule has 0 radical (unpaired) electrons. The Morgan fingerprint density at radius 3 is 0.946 bits per heavy atom. The summed E-state index contributed by atoms with van der Waals surface area (Å²) < 4.78 is 28.1. The van der Waals surface area contributed by atoms with E-state index in [1.54, 1.807) is 128 Å². The molecule has 0 spiro atoms. The van der Waals surface area contributed by atoms with Gasteiger partial charge in [-0.25, -0.2) is 9.59 Å². The van der Waals surface area contributed by atoms with Gasteiger partial charge in [-0.15, -0.1) is 0 Å². The van der Waals surface area contributed by atoms with Crippen LogP contribution in [0.1, 0.15) is 49.9 Å². The van der Waals surface area contributed by atoms with Crippen LogP contribution in [0, 0.1) is 45.3 Å². The fourth-order valence-electron chi connectivity index (χ4n) is 4.77. The molecule has 1 N–H and O–H groups in total.